The van der Waals surface area contributed by atoms with E-state index in [2.05, 4.69) is 11.4 Å². The second kappa shape index (κ2) is 8.04. The zero-order chi connectivity index (χ0) is 18.5. The fourth-order valence-corrected chi connectivity index (χ4v) is 3.25. The molecule has 26 heavy (non-hydrogen) atoms. The number of methoxy groups -OCH3 is 1. The van der Waals surface area contributed by atoms with Gasteiger partial charge in [-0.1, -0.05) is 23.8 Å². The Morgan fingerprint density at radius 1 is 1.23 bits per heavy atom. The van der Waals surface area contributed by atoms with Gasteiger partial charge in [0.2, 0.25) is 5.91 Å². The van der Waals surface area contributed by atoms with Crippen LogP contribution in [0.4, 0.5) is 5.69 Å². The molecule has 0 aliphatic carbocycles. The number of amides is 2. The number of anilines is 1. The van der Waals surface area contributed by atoms with Crippen molar-refractivity contribution in [1.29, 1.82) is 0 Å². The van der Waals surface area contributed by atoms with Crippen LogP contribution in [-0.4, -0.2) is 32.0 Å². The molecule has 2 amide bonds. The molecule has 0 spiro atoms. The Bertz CT molecular complexity index is 817. The molecule has 5 nitrogen and oxygen atoms in total. The van der Waals surface area contributed by atoms with Crippen LogP contribution in [0, 0.1) is 6.92 Å². The third-order valence-electron chi connectivity index (χ3n) is 4.61. The summed E-state index contributed by atoms with van der Waals surface area (Å²) in [7, 11) is 1.65. The largest absolute Gasteiger partial charge is 0.496 e. The molecule has 2 aromatic carbocycles. The smallest absolute Gasteiger partial charge is 0.251 e. The minimum Gasteiger partial charge on any atom is -0.496 e. The van der Waals surface area contributed by atoms with Gasteiger partial charge in [0.25, 0.3) is 5.91 Å². The van der Waals surface area contributed by atoms with E-state index >= 15 is 0 Å². The predicted molar refractivity (Wildman–Crippen MR) is 102 cm³/mol. The van der Waals surface area contributed by atoms with Crippen LogP contribution in [0.5, 0.6) is 5.75 Å². The lowest BCUT2D eigenvalue weighted by Crippen LogP contribution is -2.27. The molecule has 1 fully saturated rings. The monoisotopic (exact) mass is 352 g/mol. The number of benzene rings is 2. The van der Waals surface area contributed by atoms with Crippen molar-refractivity contribution < 1.29 is 14.3 Å². The van der Waals surface area contributed by atoms with E-state index in [1.807, 2.05) is 31.2 Å². The number of hydrogen-bond acceptors (Lipinski definition) is 3. The molecule has 136 valence electrons. The molecule has 0 radical (unpaired) electrons. The van der Waals surface area contributed by atoms with Crippen molar-refractivity contribution in [2.24, 2.45) is 0 Å². The van der Waals surface area contributed by atoms with Gasteiger partial charge in [-0.2, -0.15) is 0 Å². The van der Waals surface area contributed by atoms with Gasteiger partial charge in [0.1, 0.15) is 5.75 Å². The average Bonchev–Trinajstić information content (AvgIpc) is 3.08. The molecule has 5 heteroatoms. The SMILES string of the molecule is COc1ccc(C)cc1CCNC(=O)c1cccc(N2CCCC2=O)c1. The van der Waals surface area contributed by atoms with Crippen LogP contribution < -0.4 is 15.0 Å². The van der Waals surface area contributed by atoms with Gasteiger partial charge in [0.15, 0.2) is 0 Å². The molecule has 0 saturated carbocycles. The van der Waals surface area contributed by atoms with E-state index in [1.54, 1.807) is 24.1 Å². The molecule has 0 bridgehead atoms. The lowest BCUT2D eigenvalue weighted by molar-refractivity contribution is -0.117. The van der Waals surface area contributed by atoms with Gasteiger partial charge < -0.3 is 15.0 Å². The molecule has 1 aliphatic heterocycles. The molecule has 0 unspecified atom stereocenters. The average molecular weight is 352 g/mol. The number of rotatable bonds is 6. The van der Waals surface area contributed by atoms with E-state index < -0.39 is 0 Å². The number of nitrogens with zero attached hydrogens (tertiary/aromatic N) is 1. The van der Waals surface area contributed by atoms with Crippen LogP contribution in [0.1, 0.15) is 34.3 Å². The molecule has 3 rings (SSSR count). The first kappa shape index (κ1) is 18.0. The highest BCUT2D eigenvalue weighted by atomic mass is 16.5. The quantitative estimate of drug-likeness (QED) is 0.869. The molecule has 0 aromatic heterocycles. The molecular weight excluding hydrogens is 328 g/mol. The second-order valence-corrected chi connectivity index (χ2v) is 6.52. The fourth-order valence-electron chi connectivity index (χ4n) is 3.25. The summed E-state index contributed by atoms with van der Waals surface area (Å²) in [4.78, 5) is 26.1. The summed E-state index contributed by atoms with van der Waals surface area (Å²) in [5.74, 6) is 0.818. The summed E-state index contributed by atoms with van der Waals surface area (Å²) in [6.07, 6.45) is 2.14. The van der Waals surface area contributed by atoms with Crippen molar-refractivity contribution >= 4 is 17.5 Å². The Morgan fingerprint density at radius 3 is 2.81 bits per heavy atom. The lowest BCUT2D eigenvalue weighted by atomic mass is 10.1. The summed E-state index contributed by atoms with van der Waals surface area (Å²) in [5.41, 5.74) is 3.60. The molecule has 0 atom stereocenters. The summed E-state index contributed by atoms with van der Waals surface area (Å²) in [5, 5.41) is 2.95. The number of carbonyl (C=O) groups is 2. The normalized spacial score (nSPS) is 13.8. The molecule has 1 saturated heterocycles. The van der Waals surface area contributed by atoms with Crippen molar-refractivity contribution in [2.75, 3.05) is 25.1 Å². The maximum atomic E-state index is 12.5. The van der Waals surface area contributed by atoms with Crippen molar-refractivity contribution in [3.63, 3.8) is 0 Å². The third-order valence-corrected chi connectivity index (χ3v) is 4.61. The fraction of sp³-hybridized carbons (Fsp3) is 0.333. The van der Waals surface area contributed by atoms with Gasteiger partial charge in [-0.15, -0.1) is 0 Å². The Labute approximate surface area is 154 Å². The highest BCUT2D eigenvalue weighted by molar-refractivity contribution is 5.99. The summed E-state index contributed by atoms with van der Waals surface area (Å²) >= 11 is 0. The Morgan fingerprint density at radius 2 is 2.08 bits per heavy atom. The Hall–Kier alpha value is -2.82. The highest BCUT2D eigenvalue weighted by Gasteiger charge is 2.22. The van der Waals surface area contributed by atoms with E-state index in [1.165, 1.54) is 0 Å². The summed E-state index contributed by atoms with van der Waals surface area (Å²) in [6.45, 7) is 3.27. The van der Waals surface area contributed by atoms with Crippen molar-refractivity contribution in [1.82, 2.24) is 5.32 Å². The second-order valence-electron chi connectivity index (χ2n) is 6.52. The maximum absolute atomic E-state index is 12.5. The van der Waals surface area contributed by atoms with Crippen LogP contribution in [0.2, 0.25) is 0 Å². The van der Waals surface area contributed by atoms with Crippen LogP contribution in [0.3, 0.4) is 0 Å². The number of ether oxygens (including phenoxy) is 1. The number of aryl methyl sites for hydroxylation is 1. The van der Waals surface area contributed by atoms with Crippen molar-refractivity contribution in [2.45, 2.75) is 26.2 Å². The summed E-state index contributed by atoms with van der Waals surface area (Å²) in [6, 6.07) is 13.3. The first-order valence-corrected chi connectivity index (χ1v) is 8.90. The van der Waals surface area contributed by atoms with Crippen LogP contribution >= 0.6 is 0 Å². The van der Waals surface area contributed by atoms with E-state index in [9.17, 15) is 9.59 Å². The van der Waals surface area contributed by atoms with E-state index in [4.69, 9.17) is 4.74 Å². The van der Waals surface area contributed by atoms with Gasteiger partial charge in [-0.25, -0.2) is 0 Å². The number of nitrogens with one attached hydrogen (secondary N) is 1. The van der Waals surface area contributed by atoms with Gasteiger partial charge >= 0.3 is 0 Å². The van der Waals surface area contributed by atoms with E-state index in [0.717, 1.165) is 35.5 Å². The highest BCUT2D eigenvalue weighted by Crippen LogP contribution is 2.22. The van der Waals surface area contributed by atoms with Crippen molar-refractivity contribution in [3.05, 3.63) is 59.2 Å². The minimum absolute atomic E-state index is 0.120. The molecule has 1 heterocycles. The minimum atomic E-state index is -0.134. The maximum Gasteiger partial charge on any atom is 0.251 e. The van der Waals surface area contributed by atoms with Gasteiger partial charge in [0.05, 0.1) is 7.11 Å². The molecule has 1 N–H and O–H groups in total. The van der Waals surface area contributed by atoms with E-state index in [0.29, 0.717) is 24.9 Å². The molecule has 2 aromatic rings. The zero-order valence-electron chi connectivity index (χ0n) is 15.2. The lowest BCUT2D eigenvalue weighted by Gasteiger charge is -2.16. The van der Waals surface area contributed by atoms with E-state index in [-0.39, 0.29) is 11.8 Å². The van der Waals surface area contributed by atoms with Gasteiger partial charge in [-0.05, 0) is 49.6 Å². The van der Waals surface area contributed by atoms with Crippen LogP contribution in [0.25, 0.3) is 0 Å². The van der Waals surface area contributed by atoms with Gasteiger partial charge in [-0.3, -0.25) is 9.59 Å². The standard InChI is InChI=1S/C21H24N2O3/c1-15-8-9-19(26-2)16(13-15)10-11-22-21(25)17-5-3-6-18(14-17)23-12-4-7-20(23)24/h3,5-6,8-9,13-14H,4,7,10-12H2,1-2H3,(H,22,25). The Balaban J connectivity index is 1.62. The first-order valence-electron chi connectivity index (χ1n) is 8.90. The van der Waals surface area contributed by atoms with Crippen LogP contribution in [-0.2, 0) is 11.2 Å². The first-order chi connectivity index (χ1) is 12.6. The Kier molecular flexibility index (Phi) is 5.56. The predicted octanol–water partition coefficient (Wildman–Crippen LogP) is 3.10. The van der Waals surface area contributed by atoms with Crippen LogP contribution in [0.15, 0.2) is 42.5 Å². The zero-order valence-corrected chi connectivity index (χ0v) is 15.2. The van der Waals surface area contributed by atoms with Gasteiger partial charge in [0, 0.05) is 30.8 Å². The summed E-state index contributed by atoms with van der Waals surface area (Å²) < 4.78 is 5.38. The number of hydrogen-bond donors (Lipinski definition) is 1. The number of carbonyl (C=O) groups excluding carboxylic acids is 2. The molecule has 1 aliphatic rings. The van der Waals surface area contributed by atoms with Crippen molar-refractivity contribution in [3.8, 4) is 5.75 Å². The third kappa shape index (κ3) is 4.04. The molecular formula is C21H24N2O3. The topological polar surface area (TPSA) is 58.6 Å².